The van der Waals surface area contributed by atoms with Crippen LogP contribution in [0.15, 0.2) is 39.5 Å². The van der Waals surface area contributed by atoms with E-state index in [1.165, 1.54) is 12.1 Å². The number of ether oxygens (including phenoxy) is 1. The Hall–Kier alpha value is -2.52. The number of rotatable bonds is 4. The second-order valence-corrected chi connectivity index (χ2v) is 6.57. The first-order valence-corrected chi connectivity index (χ1v) is 8.75. The van der Waals surface area contributed by atoms with E-state index < -0.39 is 23.6 Å². The largest absolute Gasteiger partial charge is 0.573 e. The van der Waals surface area contributed by atoms with Gasteiger partial charge < -0.3 is 19.8 Å². The van der Waals surface area contributed by atoms with Gasteiger partial charge in [-0.05, 0) is 50.1 Å². The van der Waals surface area contributed by atoms with E-state index in [1.54, 1.807) is 13.0 Å². The highest BCUT2D eigenvalue weighted by atomic mass is 35.5. The van der Waals surface area contributed by atoms with Crippen molar-refractivity contribution < 1.29 is 27.1 Å². The maximum absolute atomic E-state index is 12.5. The maximum Gasteiger partial charge on any atom is 0.573 e. The molecule has 0 radical (unpaired) electrons. The van der Waals surface area contributed by atoms with Crippen molar-refractivity contribution in [2.75, 3.05) is 18.4 Å². The first kappa shape index (κ1) is 22.8. The molecule has 1 aromatic heterocycles. The number of alkyl halides is 3. The normalized spacial score (nSPS) is 16.6. The summed E-state index contributed by atoms with van der Waals surface area (Å²) < 4.78 is 46.2. The lowest BCUT2D eigenvalue weighted by Crippen LogP contribution is -2.30. The molecule has 0 aliphatic carbocycles. The number of hydrogen-bond donors (Lipinski definition) is 2. The van der Waals surface area contributed by atoms with E-state index in [-0.39, 0.29) is 29.6 Å². The van der Waals surface area contributed by atoms with Gasteiger partial charge in [0.2, 0.25) is 0 Å². The number of benzene rings is 1. The molecule has 1 atom stereocenters. The summed E-state index contributed by atoms with van der Waals surface area (Å²) in [4.78, 5) is 24.9. The van der Waals surface area contributed by atoms with Crippen molar-refractivity contribution >= 4 is 24.0 Å². The van der Waals surface area contributed by atoms with Crippen LogP contribution < -0.4 is 21.0 Å². The number of amides is 1. The zero-order valence-corrected chi connectivity index (χ0v) is 16.3. The van der Waals surface area contributed by atoms with Crippen LogP contribution in [0.3, 0.4) is 0 Å². The summed E-state index contributed by atoms with van der Waals surface area (Å²) >= 11 is 0. The lowest BCUT2D eigenvalue weighted by atomic mass is 9.95. The van der Waals surface area contributed by atoms with Gasteiger partial charge in [0.05, 0.1) is 0 Å². The number of carbonyl (C=O) groups excluding carboxylic acids is 1. The molecule has 158 valence electrons. The number of aryl methyl sites for hydroxylation is 1. The third kappa shape index (κ3) is 5.98. The molecule has 0 saturated carbocycles. The lowest BCUT2D eigenvalue weighted by Gasteiger charge is -2.22. The molecule has 1 fully saturated rings. The molecule has 3 rings (SSSR count). The predicted molar refractivity (Wildman–Crippen MR) is 103 cm³/mol. The number of piperidine rings is 1. The Morgan fingerprint density at radius 2 is 2.07 bits per heavy atom. The topological polar surface area (TPSA) is 80.6 Å². The molecule has 10 heteroatoms. The van der Waals surface area contributed by atoms with Crippen molar-refractivity contribution in [2.45, 2.75) is 32.0 Å². The summed E-state index contributed by atoms with van der Waals surface area (Å²) in [5, 5.41) is 5.64. The Bertz CT molecular complexity index is 924. The van der Waals surface area contributed by atoms with Crippen LogP contribution in [0.5, 0.6) is 5.75 Å². The highest BCUT2D eigenvalue weighted by Gasteiger charge is 2.31. The van der Waals surface area contributed by atoms with Crippen LogP contribution in [0.4, 0.5) is 18.9 Å². The minimum Gasteiger partial charge on any atom is -0.427 e. The number of carbonyl (C=O) groups is 1. The first-order valence-electron chi connectivity index (χ1n) is 8.75. The molecule has 1 amide bonds. The SMILES string of the molecule is Cc1cc(C2CCCNC2)oc(=O)c1C(=O)Nc1cccc(OC(F)(F)F)c1.Cl. The fourth-order valence-electron chi connectivity index (χ4n) is 3.17. The fourth-order valence-corrected chi connectivity index (χ4v) is 3.17. The number of hydrogen-bond acceptors (Lipinski definition) is 5. The van der Waals surface area contributed by atoms with E-state index >= 15 is 0 Å². The van der Waals surface area contributed by atoms with Gasteiger partial charge in [-0.15, -0.1) is 25.6 Å². The third-order valence-electron chi connectivity index (χ3n) is 4.42. The fraction of sp³-hybridized carbons (Fsp3) is 0.368. The zero-order chi connectivity index (χ0) is 20.3. The molecule has 0 spiro atoms. The third-order valence-corrected chi connectivity index (χ3v) is 4.42. The Morgan fingerprint density at radius 1 is 1.31 bits per heavy atom. The van der Waals surface area contributed by atoms with Gasteiger partial charge in [-0.25, -0.2) is 4.79 Å². The Balaban J connectivity index is 0.00000300. The van der Waals surface area contributed by atoms with Gasteiger partial charge >= 0.3 is 12.0 Å². The van der Waals surface area contributed by atoms with Crippen molar-refractivity contribution in [2.24, 2.45) is 0 Å². The molecule has 1 aliphatic heterocycles. The van der Waals surface area contributed by atoms with E-state index in [9.17, 15) is 22.8 Å². The average molecular weight is 433 g/mol. The molecule has 2 N–H and O–H groups in total. The number of nitrogens with one attached hydrogen (secondary N) is 2. The molecule has 1 saturated heterocycles. The van der Waals surface area contributed by atoms with Crippen molar-refractivity contribution in [3.05, 3.63) is 57.6 Å². The van der Waals surface area contributed by atoms with Crippen molar-refractivity contribution in [1.29, 1.82) is 0 Å². The van der Waals surface area contributed by atoms with Gasteiger partial charge in [0, 0.05) is 24.2 Å². The minimum atomic E-state index is -4.84. The van der Waals surface area contributed by atoms with Gasteiger partial charge in [-0.3, -0.25) is 4.79 Å². The van der Waals surface area contributed by atoms with Gasteiger partial charge in [-0.2, -0.15) is 0 Å². The van der Waals surface area contributed by atoms with Crippen LogP contribution in [-0.2, 0) is 0 Å². The Kier molecular flexibility index (Phi) is 7.32. The number of halogens is 4. The van der Waals surface area contributed by atoms with Crippen LogP contribution in [0, 0.1) is 6.92 Å². The molecule has 0 bridgehead atoms. The van der Waals surface area contributed by atoms with E-state index in [0.717, 1.165) is 31.5 Å². The van der Waals surface area contributed by atoms with Crippen LogP contribution in [0.2, 0.25) is 0 Å². The summed E-state index contributed by atoms with van der Waals surface area (Å²) in [6, 6.07) is 6.47. The minimum absolute atomic E-state index is 0. The summed E-state index contributed by atoms with van der Waals surface area (Å²) in [5.74, 6) is -0.654. The van der Waals surface area contributed by atoms with Crippen LogP contribution in [-0.4, -0.2) is 25.4 Å². The van der Waals surface area contributed by atoms with E-state index in [4.69, 9.17) is 4.42 Å². The Labute approximate surface area is 170 Å². The second kappa shape index (κ2) is 9.32. The summed E-state index contributed by atoms with van der Waals surface area (Å²) in [5.41, 5.74) is -0.460. The molecule has 2 heterocycles. The molecule has 1 aromatic carbocycles. The van der Waals surface area contributed by atoms with Gasteiger partial charge in [-0.1, -0.05) is 6.07 Å². The summed E-state index contributed by atoms with van der Waals surface area (Å²) in [6.45, 7) is 3.23. The highest BCUT2D eigenvalue weighted by molar-refractivity contribution is 6.05. The van der Waals surface area contributed by atoms with Gasteiger partial charge in [0.25, 0.3) is 5.91 Å². The quantitative estimate of drug-likeness (QED) is 0.763. The van der Waals surface area contributed by atoms with Crippen LogP contribution in [0.25, 0.3) is 0 Å². The summed E-state index contributed by atoms with van der Waals surface area (Å²) in [6.07, 6.45) is -3.00. The monoisotopic (exact) mass is 432 g/mol. The van der Waals surface area contributed by atoms with Crippen molar-refractivity contribution in [3.63, 3.8) is 0 Å². The zero-order valence-electron chi connectivity index (χ0n) is 15.5. The van der Waals surface area contributed by atoms with E-state index in [0.29, 0.717) is 17.9 Å². The lowest BCUT2D eigenvalue weighted by molar-refractivity contribution is -0.274. The van der Waals surface area contributed by atoms with Gasteiger partial charge in [0.1, 0.15) is 17.1 Å². The van der Waals surface area contributed by atoms with E-state index in [1.807, 2.05) is 0 Å². The van der Waals surface area contributed by atoms with Crippen LogP contribution in [0.1, 0.15) is 40.4 Å². The molecule has 6 nitrogen and oxygen atoms in total. The molecule has 2 aromatic rings. The molecule has 1 unspecified atom stereocenters. The standard InChI is InChI=1S/C19H19F3N2O4.ClH/c1-11-8-15(12-4-3-7-23-10-12)27-18(26)16(11)17(25)24-13-5-2-6-14(9-13)28-19(20,21)22;/h2,5-6,8-9,12,23H,3-4,7,10H2,1H3,(H,24,25);1H. The van der Waals surface area contributed by atoms with Gasteiger partial charge in [0.15, 0.2) is 0 Å². The molecular formula is C19H20ClF3N2O4. The second-order valence-electron chi connectivity index (χ2n) is 6.57. The van der Waals surface area contributed by atoms with E-state index in [2.05, 4.69) is 15.4 Å². The average Bonchev–Trinajstić information content (AvgIpc) is 2.60. The van der Waals surface area contributed by atoms with Crippen molar-refractivity contribution in [3.8, 4) is 5.75 Å². The Morgan fingerprint density at radius 3 is 2.69 bits per heavy atom. The number of anilines is 1. The predicted octanol–water partition coefficient (Wildman–Crippen LogP) is 3.99. The molecule has 29 heavy (non-hydrogen) atoms. The molecule has 1 aliphatic rings. The highest BCUT2D eigenvalue weighted by Crippen LogP contribution is 2.26. The smallest absolute Gasteiger partial charge is 0.427 e. The van der Waals surface area contributed by atoms with Crippen molar-refractivity contribution in [1.82, 2.24) is 5.32 Å². The molecular weight excluding hydrogens is 413 g/mol. The maximum atomic E-state index is 12.5. The summed E-state index contributed by atoms with van der Waals surface area (Å²) in [7, 11) is 0. The first-order chi connectivity index (χ1) is 13.2. The van der Waals surface area contributed by atoms with Crippen LogP contribution >= 0.6 is 12.4 Å².